The summed E-state index contributed by atoms with van der Waals surface area (Å²) in [5.74, 6) is -0.728. The van der Waals surface area contributed by atoms with E-state index in [0.29, 0.717) is 15.6 Å². The van der Waals surface area contributed by atoms with Gasteiger partial charge in [-0.3, -0.25) is 4.79 Å². The van der Waals surface area contributed by atoms with Crippen LogP contribution in [0.5, 0.6) is 0 Å². The van der Waals surface area contributed by atoms with E-state index < -0.39 is 5.82 Å². The van der Waals surface area contributed by atoms with Gasteiger partial charge in [-0.25, -0.2) is 4.39 Å². The van der Waals surface area contributed by atoms with Crippen LogP contribution in [0.1, 0.15) is 27.0 Å². The van der Waals surface area contributed by atoms with Crippen LogP contribution in [-0.2, 0) is 0 Å². The normalized spacial score (nSPS) is 10.7. The predicted octanol–water partition coefficient (Wildman–Crippen LogP) is 4.78. The Balaban J connectivity index is 2.57. The van der Waals surface area contributed by atoms with Gasteiger partial charge in [-0.15, -0.1) is 0 Å². The molecular weight excluding hydrogens is 389 g/mol. The minimum absolute atomic E-state index is 0.0389. The molecule has 0 fully saturated rings. The molecule has 0 saturated heterocycles. The Morgan fingerprint density at radius 2 is 1.65 bits per heavy atom. The molecule has 0 saturated carbocycles. The van der Waals surface area contributed by atoms with Crippen molar-refractivity contribution in [1.82, 2.24) is 0 Å². The Hall–Kier alpha value is -1.20. The van der Waals surface area contributed by atoms with E-state index >= 15 is 0 Å². The number of nitrogen functional groups attached to an aromatic ring is 1. The third kappa shape index (κ3) is 2.79. The first-order valence-corrected chi connectivity index (χ1v) is 7.46. The minimum atomic E-state index is -0.544. The molecule has 0 heterocycles. The second-order valence-electron chi connectivity index (χ2n) is 4.60. The molecule has 2 rings (SSSR count). The summed E-state index contributed by atoms with van der Waals surface area (Å²) in [5.41, 5.74) is 8.25. The van der Waals surface area contributed by atoms with Crippen LogP contribution in [0.25, 0.3) is 0 Å². The first-order valence-electron chi connectivity index (χ1n) is 5.87. The van der Waals surface area contributed by atoms with Gasteiger partial charge >= 0.3 is 0 Å². The molecule has 2 N–H and O–H groups in total. The van der Waals surface area contributed by atoms with Gasteiger partial charge in [0.15, 0.2) is 5.78 Å². The fourth-order valence-electron chi connectivity index (χ4n) is 1.91. The van der Waals surface area contributed by atoms with Crippen LogP contribution in [0.3, 0.4) is 0 Å². The highest BCUT2D eigenvalue weighted by atomic mass is 79.9. The molecule has 20 heavy (non-hydrogen) atoms. The highest BCUT2D eigenvalue weighted by Gasteiger charge is 2.18. The van der Waals surface area contributed by atoms with Gasteiger partial charge in [-0.05, 0) is 65.2 Å². The fourth-order valence-corrected chi connectivity index (χ4v) is 2.86. The lowest BCUT2D eigenvalue weighted by atomic mass is 9.97. The summed E-state index contributed by atoms with van der Waals surface area (Å²) in [5, 5.41) is 0. The number of halogens is 3. The fraction of sp³-hybridized carbons (Fsp3) is 0.133. The molecule has 0 amide bonds. The van der Waals surface area contributed by atoms with Crippen molar-refractivity contribution in [3.05, 3.63) is 61.3 Å². The van der Waals surface area contributed by atoms with Crippen molar-refractivity contribution in [2.75, 3.05) is 5.73 Å². The van der Waals surface area contributed by atoms with Gasteiger partial charge in [-0.2, -0.15) is 0 Å². The highest BCUT2D eigenvalue weighted by molar-refractivity contribution is 9.10. The van der Waals surface area contributed by atoms with Gasteiger partial charge < -0.3 is 5.73 Å². The summed E-state index contributed by atoms with van der Waals surface area (Å²) in [6, 6.07) is 6.28. The number of benzene rings is 2. The first kappa shape index (κ1) is 15.2. The number of hydrogen-bond acceptors (Lipinski definition) is 2. The molecule has 0 aliphatic rings. The van der Waals surface area contributed by atoms with Gasteiger partial charge in [-0.1, -0.05) is 15.9 Å². The number of carbonyl (C=O) groups is 1. The van der Waals surface area contributed by atoms with Crippen molar-refractivity contribution < 1.29 is 9.18 Å². The number of ketones is 1. The smallest absolute Gasteiger partial charge is 0.194 e. The Bertz CT molecular complexity index is 654. The Morgan fingerprint density at radius 3 is 2.30 bits per heavy atom. The van der Waals surface area contributed by atoms with Gasteiger partial charge in [0.05, 0.1) is 5.69 Å². The van der Waals surface area contributed by atoms with Crippen LogP contribution in [0, 0.1) is 19.7 Å². The Labute approximate surface area is 133 Å². The average Bonchev–Trinajstić information content (AvgIpc) is 2.37. The topological polar surface area (TPSA) is 43.1 Å². The summed E-state index contributed by atoms with van der Waals surface area (Å²) < 4.78 is 14.7. The Kier molecular flexibility index (Phi) is 4.30. The van der Waals surface area contributed by atoms with Gasteiger partial charge in [0, 0.05) is 20.1 Å². The molecule has 0 bridgehead atoms. The molecule has 104 valence electrons. The zero-order chi connectivity index (χ0) is 15.0. The third-order valence-electron chi connectivity index (χ3n) is 3.08. The lowest BCUT2D eigenvalue weighted by molar-refractivity contribution is 0.103. The third-order valence-corrected chi connectivity index (χ3v) is 4.59. The summed E-state index contributed by atoms with van der Waals surface area (Å²) in [7, 11) is 0. The number of nitrogens with two attached hydrogens (primary N) is 1. The van der Waals surface area contributed by atoms with Gasteiger partial charge in [0.1, 0.15) is 5.82 Å². The number of anilines is 1. The maximum atomic E-state index is 13.3. The molecule has 0 aliphatic carbocycles. The van der Waals surface area contributed by atoms with Crippen molar-refractivity contribution in [3.8, 4) is 0 Å². The Morgan fingerprint density at radius 1 is 1.00 bits per heavy atom. The molecule has 2 aromatic rings. The molecule has 5 heteroatoms. The lowest BCUT2D eigenvalue weighted by Gasteiger charge is -2.10. The molecule has 0 radical (unpaired) electrons. The van der Waals surface area contributed by atoms with E-state index in [-0.39, 0.29) is 11.5 Å². The summed E-state index contributed by atoms with van der Waals surface area (Å²) >= 11 is 6.64. The van der Waals surface area contributed by atoms with E-state index in [1.165, 1.54) is 12.1 Å². The van der Waals surface area contributed by atoms with Gasteiger partial charge in [0.2, 0.25) is 0 Å². The lowest BCUT2D eigenvalue weighted by Crippen LogP contribution is -2.07. The minimum Gasteiger partial charge on any atom is -0.396 e. The highest BCUT2D eigenvalue weighted by Crippen LogP contribution is 2.28. The average molecular weight is 401 g/mol. The van der Waals surface area contributed by atoms with E-state index in [4.69, 9.17) is 5.73 Å². The van der Waals surface area contributed by atoms with Crippen LogP contribution in [-0.4, -0.2) is 5.78 Å². The van der Waals surface area contributed by atoms with Crippen molar-refractivity contribution in [2.45, 2.75) is 13.8 Å². The zero-order valence-electron chi connectivity index (χ0n) is 10.9. The molecule has 0 atom stereocenters. The van der Waals surface area contributed by atoms with Crippen LogP contribution >= 0.6 is 31.9 Å². The van der Waals surface area contributed by atoms with Gasteiger partial charge in [0.25, 0.3) is 0 Å². The number of rotatable bonds is 2. The molecule has 0 unspecified atom stereocenters. The summed E-state index contributed by atoms with van der Waals surface area (Å²) in [6.45, 7) is 3.77. The van der Waals surface area contributed by atoms with E-state index in [9.17, 15) is 9.18 Å². The molecule has 2 nitrogen and oxygen atoms in total. The van der Waals surface area contributed by atoms with Crippen LogP contribution in [0.15, 0.2) is 33.2 Å². The largest absolute Gasteiger partial charge is 0.396 e. The first-order chi connectivity index (χ1) is 9.31. The molecule has 0 aromatic heterocycles. The van der Waals surface area contributed by atoms with E-state index in [0.717, 1.165) is 15.6 Å². The maximum absolute atomic E-state index is 13.3. The van der Waals surface area contributed by atoms with Crippen molar-refractivity contribution in [3.63, 3.8) is 0 Å². The number of hydrogen-bond donors (Lipinski definition) is 1. The van der Waals surface area contributed by atoms with Crippen LogP contribution < -0.4 is 5.73 Å². The summed E-state index contributed by atoms with van der Waals surface area (Å²) in [4.78, 5) is 12.6. The molecule has 0 aliphatic heterocycles. The van der Waals surface area contributed by atoms with Crippen molar-refractivity contribution in [2.24, 2.45) is 0 Å². The zero-order valence-corrected chi connectivity index (χ0v) is 14.1. The molecule has 2 aromatic carbocycles. The van der Waals surface area contributed by atoms with Crippen LogP contribution in [0.4, 0.5) is 10.1 Å². The predicted molar refractivity (Wildman–Crippen MR) is 85.6 cm³/mol. The van der Waals surface area contributed by atoms with Crippen LogP contribution in [0.2, 0.25) is 0 Å². The second kappa shape index (κ2) is 5.66. The number of aryl methyl sites for hydroxylation is 2. The second-order valence-corrected chi connectivity index (χ2v) is 6.31. The molecule has 0 spiro atoms. The SMILES string of the molecule is Cc1cc(C(=O)c2cc(N)c(F)cc2Br)c(C)cc1Br. The maximum Gasteiger partial charge on any atom is 0.194 e. The number of carbonyl (C=O) groups excluding carboxylic acids is 1. The van der Waals surface area contributed by atoms with Crippen molar-refractivity contribution in [1.29, 1.82) is 0 Å². The quantitative estimate of drug-likeness (QED) is 0.582. The van der Waals surface area contributed by atoms with Crippen molar-refractivity contribution >= 4 is 43.3 Å². The molecular formula is C15H12Br2FNO. The van der Waals surface area contributed by atoms with E-state index in [2.05, 4.69) is 31.9 Å². The van der Waals surface area contributed by atoms with E-state index in [1.54, 1.807) is 0 Å². The monoisotopic (exact) mass is 399 g/mol. The van der Waals surface area contributed by atoms with E-state index in [1.807, 2.05) is 26.0 Å². The summed E-state index contributed by atoms with van der Waals surface area (Å²) in [6.07, 6.45) is 0. The standard InChI is InChI=1S/C15H12Br2FNO/c1-7-4-11(16)8(2)3-9(7)15(20)10-5-14(19)13(18)6-12(10)17/h3-6H,19H2,1-2H3.